The largest absolute Gasteiger partial charge is 0.0617 e. The molecule has 0 amide bonds. The van der Waals surface area contributed by atoms with Crippen LogP contribution in [-0.2, 0) is 0 Å². The van der Waals surface area contributed by atoms with Crippen LogP contribution in [0.15, 0.2) is 70.4 Å². The summed E-state index contributed by atoms with van der Waals surface area (Å²) in [6.45, 7) is 2.37. The molecule has 0 fully saturated rings. The highest BCUT2D eigenvalue weighted by Crippen LogP contribution is 2.49. The summed E-state index contributed by atoms with van der Waals surface area (Å²) in [6, 6.07) is 0. The average Bonchev–Trinajstić information content (AvgIpc) is 2.38. The van der Waals surface area contributed by atoms with E-state index >= 15 is 0 Å². The van der Waals surface area contributed by atoms with Gasteiger partial charge in [0.15, 0.2) is 0 Å². The maximum absolute atomic E-state index is 2.37. The minimum absolute atomic E-state index is 0.544. The van der Waals surface area contributed by atoms with Crippen LogP contribution in [-0.4, -0.2) is 0 Å². The van der Waals surface area contributed by atoms with Gasteiger partial charge in [-0.25, -0.2) is 0 Å². The Labute approximate surface area is 102 Å². The third kappa shape index (κ3) is 1.18. The summed E-state index contributed by atoms with van der Waals surface area (Å²) in [7, 11) is 0. The van der Waals surface area contributed by atoms with Crippen molar-refractivity contribution in [3.8, 4) is 0 Å². The van der Waals surface area contributed by atoms with Gasteiger partial charge in [-0.05, 0) is 46.6 Å². The van der Waals surface area contributed by atoms with Crippen LogP contribution in [0.4, 0.5) is 0 Å². The van der Waals surface area contributed by atoms with Crippen LogP contribution in [0.25, 0.3) is 0 Å². The lowest BCUT2D eigenvalue weighted by Crippen LogP contribution is -2.24. The number of hydrogen-bond acceptors (Lipinski definition) is 0. The van der Waals surface area contributed by atoms with Crippen molar-refractivity contribution in [2.24, 2.45) is 11.8 Å². The summed E-state index contributed by atoms with van der Waals surface area (Å²) < 4.78 is 0. The van der Waals surface area contributed by atoms with Crippen molar-refractivity contribution in [2.75, 3.05) is 0 Å². The first-order valence-corrected chi connectivity index (χ1v) is 6.56. The zero-order valence-electron chi connectivity index (χ0n) is 10.1. The lowest BCUT2D eigenvalue weighted by molar-refractivity contribution is 0.573. The van der Waals surface area contributed by atoms with Gasteiger partial charge in [0.2, 0.25) is 0 Å². The summed E-state index contributed by atoms with van der Waals surface area (Å²) in [6.07, 6.45) is 18.6. The molecule has 0 spiro atoms. The fraction of sp³-hybridized carbons (Fsp3) is 0.294. The Morgan fingerprint density at radius 1 is 1.00 bits per heavy atom. The van der Waals surface area contributed by atoms with E-state index in [9.17, 15) is 0 Å². The third-order valence-corrected chi connectivity index (χ3v) is 4.50. The van der Waals surface area contributed by atoms with Crippen LogP contribution in [0.1, 0.15) is 19.8 Å². The van der Waals surface area contributed by atoms with E-state index < -0.39 is 0 Å². The molecule has 0 saturated heterocycles. The first-order valence-electron chi connectivity index (χ1n) is 6.56. The molecule has 0 nitrogen and oxygen atoms in total. The normalized spacial score (nSPS) is 32.9. The van der Waals surface area contributed by atoms with E-state index in [4.69, 9.17) is 0 Å². The van der Waals surface area contributed by atoms with Gasteiger partial charge < -0.3 is 0 Å². The summed E-state index contributed by atoms with van der Waals surface area (Å²) in [4.78, 5) is 0. The second-order valence-electron chi connectivity index (χ2n) is 5.46. The van der Waals surface area contributed by atoms with Crippen molar-refractivity contribution >= 4 is 0 Å². The molecule has 0 aromatic carbocycles. The van der Waals surface area contributed by atoms with E-state index in [1.54, 1.807) is 16.7 Å². The highest BCUT2D eigenvalue weighted by Gasteiger charge is 2.34. The van der Waals surface area contributed by atoms with E-state index in [1.807, 2.05) is 0 Å². The molecule has 0 N–H and O–H groups in total. The van der Waals surface area contributed by atoms with Crippen molar-refractivity contribution in [3.05, 3.63) is 70.4 Å². The molecule has 4 aliphatic carbocycles. The summed E-state index contributed by atoms with van der Waals surface area (Å²) in [5, 5.41) is 0. The molecule has 2 atom stereocenters. The smallest absolute Gasteiger partial charge is 0.0345 e. The Hall–Kier alpha value is -1.56. The van der Waals surface area contributed by atoms with Gasteiger partial charge in [0, 0.05) is 5.92 Å². The van der Waals surface area contributed by atoms with Crippen LogP contribution in [0.2, 0.25) is 0 Å². The molecule has 0 aliphatic heterocycles. The fourth-order valence-corrected chi connectivity index (χ4v) is 3.57. The Balaban J connectivity index is 2.01. The molecule has 2 unspecified atom stereocenters. The molecule has 4 aliphatic rings. The number of allylic oxidation sites excluding steroid dienone is 12. The van der Waals surface area contributed by atoms with Crippen LogP contribution >= 0.6 is 0 Å². The molecule has 84 valence electrons. The highest BCUT2D eigenvalue weighted by atomic mass is 14.4. The van der Waals surface area contributed by atoms with Crippen LogP contribution < -0.4 is 0 Å². The molecular formula is C17H16. The van der Waals surface area contributed by atoms with Gasteiger partial charge in [-0.15, -0.1) is 0 Å². The zero-order valence-corrected chi connectivity index (χ0v) is 10.1. The van der Waals surface area contributed by atoms with E-state index in [1.165, 1.54) is 24.0 Å². The van der Waals surface area contributed by atoms with Crippen molar-refractivity contribution < 1.29 is 0 Å². The molecule has 0 aromatic heterocycles. The quantitative estimate of drug-likeness (QED) is 0.572. The van der Waals surface area contributed by atoms with Gasteiger partial charge in [-0.3, -0.25) is 0 Å². The lowest BCUT2D eigenvalue weighted by Gasteiger charge is -2.38. The second-order valence-corrected chi connectivity index (χ2v) is 5.46. The van der Waals surface area contributed by atoms with Crippen LogP contribution in [0.3, 0.4) is 0 Å². The van der Waals surface area contributed by atoms with Gasteiger partial charge in [0.1, 0.15) is 0 Å². The van der Waals surface area contributed by atoms with E-state index in [0.717, 1.165) is 5.92 Å². The maximum Gasteiger partial charge on any atom is 0.0345 e. The van der Waals surface area contributed by atoms with Gasteiger partial charge in [-0.2, -0.15) is 0 Å². The van der Waals surface area contributed by atoms with Gasteiger partial charge in [0.05, 0.1) is 0 Å². The number of hydrogen-bond donors (Lipinski definition) is 0. The SMILES string of the molecule is CC1CCC2=CC=C3C=CC=C4C=CC1=C2C43. The minimum atomic E-state index is 0.544. The maximum atomic E-state index is 2.37. The topological polar surface area (TPSA) is 0 Å². The average molecular weight is 220 g/mol. The van der Waals surface area contributed by atoms with Crippen molar-refractivity contribution in [3.63, 3.8) is 0 Å². The Morgan fingerprint density at radius 2 is 1.88 bits per heavy atom. The second kappa shape index (κ2) is 3.22. The predicted molar refractivity (Wildman–Crippen MR) is 71.4 cm³/mol. The standard InChI is InChI=1S/C17H16/c1-11-5-6-14-8-7-12-3-2-4-13-9-10-15(11)17(14)16(12)13/h2-4,7-11,16H,5-6H2,1H3. The van der Waals surface area contributed by atoms with Gasteiger partial charge in [-0.1, -0.05) is 49.5 Å². The molecule has 0 saturated carbocycles. The fourth-order valence-electron chi connectivity index (χ4n) is 3.57. The van der Waals surface area contributed by atoms with E-state index in [0.29, 0.717) is 5.92 Å². The lowest BCUT2D eigenvalue weighted by atomic mass is 9.65. The highest BCUT2D eigenvalue weighted by molar-refractivity contribution is 5.64. The minimum Gasteiger partial charge on any atom is -0.0617 e. The molecule has 0 radical (unpaired) electrons. The molecular weight excluding hydrogens is 204 g/mol. The van der Waals surface area contributed by atoms with Gasteiger partial charge in [0.25, 0.3) is 0 Å². The van der Waals surface area contributed by atoms with E-state index in [2.05, 4.69) is 49.5 Å². The zero-order chi connectivity index (χ0) is 11.4. The first kappa shape index (κ1) is 9.47. The third-order valence-electron chi connectivity index (χ3n) is 4.50. The number of rotatable bonds is 0. The van der Waals surface area contributed by atoms with E-state index in [-0.39, 0.29) is 0 Å². The van der Waals surface area contributed by atoms with Crippen molar-refractivity contribution in [2.45, 2.75) is 19.8 Å². The molecule has 17 heavy (non-hydrogen) atoms. The molecule has 0 heteroatoms. The summed E-state index contributed by atoms with van der Waals surface area (Å²) in [5.74, 6) is 1.27. The van der Waals surface area contributed by atoms with Crippen LogP contribution in [0.5, 0.6) is 0 Å². The summed E-state index contributed by atoms with van der Waals surface area (Å²) in [5.41, 5.74) is 7.73. The molecule has 0 bridgehead atoms. The van der Waals surface area contributed by atoms with Crippen LogP contribution in [0, 0.1) is 11.8 Å². The predicted octanol–water partition coefficient (Wildman–Crippen LogP) is 4.26. The Bertz CT molecular complexity index is 573. The molecule has 0 heterocycles. The van der Waals surface area contributed by atoms with Crippen molar-refractivity contribution in [1.82, 2.24) is 0 Å². The van der Waals surface area contributed by atoms with Gasteiger partial charge >= 0.3 is 0 Å². The Kier molecular flexibility index (Phi) is 1.80. The Morgan fingerprint density at radius 3 is 2.82 bits per heavy atom. The summed E-state index contributed by atoms with van der Waals surface area (Å²) >= 11 is 0. The monoisotopic (exact) mass is 220 g/mol. The molecule has 4 rings (SSSR count). The van der Waals surface area contributed by atoms with Crippen molar-refractivity contribution in [1.29, 1.82) is 0 Å². The molecule has 0 aromatic rings. The first-order chi connectivity index (χ1) is 8.34.